The van der Waals surface area contributed by atoms with Gasteiger partial charge in [0, 0.05) is 18.1 Å². The van der Waals surface area contributed by atoms with E-state index in [9.17, 15) is 9.18 Å². The number of hydrogen-bond acceptors (Lipinski definition) is 2. The molecule has 0 N–H and O–H groups in total. The van der Waals surface area contributed by atoms with Crippen molar-refractivity contribution in [2.45, 2.75) is 19.0 Å². The van der Waals surface area contributed by atoms with Crippen LogP contribution in [-0.4, -0.2) is 18.6 Å². The highest BCUT2D eigenvalue weighted by molar-refractivity contribution is 5.92. The van der Waals surface area contributed by atoms with E-state index in [1.54, 1.807) is 0 Å². The van der Waals surface area contributed by atoms with Gasteiger partial charge in [0.1, 0.15) is 11.4 Å². The van der Waals surface area contributed by atoms with E-state index in [2.05, 4.69) is 6.58 Å². The molecule has 0 radical (unpaired) electrons. The van der Waals surface area contributed by atoms with Gasteiger partial charge in [0.2, 0.25) is 0 Å². The number of ether oxygens (including phenoxy) is 1. The van der Waals surface area contributed by atoms with Gasteiger partial charge in [-0.2, -0.15) is 0 Å². The van der Waals surface area contributed by atoms with Crippen molar-refractivity contribution in [3.63, 3.8) is 0 Å². The van der Waals surface area contributed by atoms with E-state index >= 15 is 0 Å². The summed E-state index contributed by atoms with van der Waals surface area (Å²) in [4.78, 5) is 11.3. The number of methoxy groups -OCH3 is 1. The minimum atomic E-state index is -1.63. The number of alkyl halides is 1. The molecule has 0 heterocycles. The number of hydrogen-bond donors (Lipinski definition) is 0. The van der Waals surface area contributed by atoms with Gasteiger partial charge in [-0.1, -0.05) is 12.7 Å². The van der Waals surface area contributed by atoms with Gasteiger partial charge >= 0.3 is 0 Å². The summed E-state index contributed by atoms with van der Waals surface area (Å²) < 4.78 is 18.7. The first-order chi connectivity index (χ1) is 6.48. The molecule has 3 heteroatoms. The second-order valence-corrected chi connectivity index (χ2v) is 3.44. The van der Waals surface area contributed by atoms with Crippen LogP contribution < -0.4 is 0 Å². The number of halogens is 1. The zero-order chi connectivity index (χ0) is 10.8. The maximum Gasteiger partial charge on any atom is 0.162 e. The molecule has 0 bridgehead atoms. The lowest BCUT2D eigenvalue weighted by Crippen LogP contribution is -2.17. The van der Waals surface area contributed by atoms with Gasteiger partial charge in [-0.25, -0.2) is 4.39 Å². The van der Waals surface area contributed by atoms with Crippen LogP contribution in [0.4, 0.5) is 4.39 Å². The largest absolute Gasteiger partial charge is 0.496 e. The quantitative estimate of drug-likeness (QED) is 0.677. The van der Waals surface area contributed by atoms with Crippen LogP contribution in [0.25, 0.3) is 0 Å². The zero-order valence-corrected chi connectivity index (χ0v) is 8.34. The first-order valence-electron chi connectivity index (χ1n) is 4.31. The summed E-state index contributed by atoms with van der Waals surface area (Å²) in [7, 11) is 1.44. The highest BCUT2D eigenvalue weighted by Crippen LogP contribution is 2.27. The normalized spacial score (nSPS) is 27.5. The molecule has 0 aromatic rings. The Kier molecular flexibility index (Phi) is 2.89. The second-order valence-electron chi connectivity index (χ2n) is 3.44. The molecule has 0 aromatic heterocycles. The molecule has 1 unspecified atom stereocenters. The lowest BCUT2D eigenvalue weighted by molar-refractivity contribution is -0.116. The summed E-state index contributed by atoms with van der Waals surface area (Å²) in [5.41, 5.74) is -1.11. The highest BCUT2D eigenvalue weighted by Gasteiger charge is 2.27. The summed E-state index contributed by atoms with van der Waals surface area (Å²) in [5, 5.41) is 0. The van der Waals surface area contributed by atoms with Gasteiger partial charge in [0.25, 0.3) is 0 Å². The zero-order valence-electron chi connectivity index (χ0n) is 8.34. The smallest absolute Gasteiger partial charge is 0.162 e. The van der Waals surface area contributed by atoms with E-state index in [-0.39, 0.29) is 12.2 Å². The van der Waals surface area contributed by atoms with Crippen LogP contribution in [0.1, 0.15) is 13.3 Å². The van der Waals surface area contributed by atoms with Gasteiger partial charge < -0.3 is 4.74 Å². The molecule has 14 heavy (non-hydrogen) atoms. The Balaban J connectivity index is 3.17. The van der Waals surface area contributed by atoms with Crippen LogP contribution in [-0.2, 0) is 9.53 Å². The number of carbonyl (C=O) groups is 1. The molecule has 1 rings (SSSR count). The number of ketones is 1. The van der Waals surface area contributed by atoms with Gasteiger partial charge in [-0.05, 0) is 13.0 Å². The molecule has 0 fully saturated rings. The standard InChI is InChI=1S/C11H13FO2/c1-4-8-6-11(2,12)7-9(13)5-10(8)14-3/h4-6H,1,7H2,2-3H3. The van der Waals surface area contributed by atoms with Crippen molar-refractivity contribution in [2.75, 3.05) is 7.11 Å². The third-order valence-corrected chi connectivity index (χ3v) is 1.99. The second kappa shape index (κ2) is 3.78. The van der Waals surface area contributed by atoms with Crippen LogP contribution >= 0.6 is 0 Å². The van der Waals surface area contributed by atoms with Gasteiger partial charge in [0.15, 0.2) is 5.78 Å². The van der Waals surface area contributed by atoms with Gasteiger partial charge in [-0.3, -0.25) is 4.79 Å². The third-order valence-electron chi connectivity index (χ3n) is 1.99. The number of allylic oxidation sites excluding steroid dienone is 3. The summed E-state index contributed by atoms with van der Waals surface area (Å²) in [6, 6.07) is 0. The summed E-state index contributed by atoms with van der Waals surface area (Å²) in [6.45, 7) is 4.91. The van der Waals surface area contributed by atoms with Crippen molar-refractivity contribution in [1.82, 2.24) is 0 Å². The van der Waals surface area contributed by atoms with E-state index in [4.69, 9.17) is 4.74 Å². The van der Waals surface area contributed by atoms with Crippen molar-refractivity contribution in [3.8, 4) is 0 Å². The predicted octanol–water partition coefficient (Wildman–Crippen LogP) is 2.33. The fourth-order valence-electron chi connectivity index (χ4n) is 1.40. The van der Waals surface area contributed by atoms with Gasteiger partial charge in [0.05, 0.1) is 7.11 Å². The molecule has 0 aromatic carbocycles. The molecule has 0 saturated heterocycles. The Labute approximate surface area is 82.8 Å². The first-order valence-corrected chi connectivity index (χ1v) is 4.31. The summed E-state index contributed by atoms with van der Waals surface area (Å²) in [5.74, 6) is 0.0892. The molecule has 1 aliphatic carbocycles. The molecular formula is C11H13FO2. The Hall–Kier alpha value is -1.38. The van der Waals surface area contributed by atoms with E-state index in [0.717, 1.165) is 0 Å². The molecule has 76 valence electrons. The Morgan fingerprint density at radius 1 is 1.71 bits per heavy atom. The molecule has 0 aliphatic heterocycles. The maximum atomic E-state index is 13.7. The molecule has 0 spiro atoms. The highest BCUT2D eigenvalue weighted by atomic mass is 19.1. The monoisotopic (exact) mass is 196 g/mol. The molecular weight excluding hydrogens is 183 g/mol. The number of carbonyl (C=O) groups excluding carboxylic acids is 1. The van der Waals surface area contributed by atoms with Gasteiger partial charge in [-0.15, -0.1) is 0 Å². The van der Waals surface area contributed by atoms with Crippen LogP contribution in [0, 0.1) is 0 Å². The third kappa shape index (κ3) is 2.31. The Morgan fingerprint density at radius 2 is 2.36 bits per heavy atom. The van der Waals surface area contributed by atoms with Crippen molar-refractivity contribution >= 4 is 5.78 Å². The van der Waals surface area contributed by atoms with E-state index in [0.29, 0.717) is 11.3 Å². The first kappa shape index (κ1) is 10.7. The van der Waals surface area contributed by atoms with Crippen LogP contribution in [0.2, 0.25) is 0 Å². The lowest BCUT2D eigenvalue weighted by atomic mass is 10.0. The summed E-state index contributed by atoms with van der Waals surface area (Å²) >= 11 is 0. The fourth-order valence-corrected chi connectivity index (χ4v) is 1.40. The minimum absolute atomic E-state index is 0.156. The van der Waals surface area contributed by atoms with E-state index < -0.39 is 5.67 Å². The molecule has 0 saturated carbocycles. The SMILES string of the molecule is C=CC1=CC(C)(F)CC(=O)C=C1OC. The van der Waals surface area contributed by atoms with Crippen molar-refractivity contribution in [3.05, 3.63) is 36.1 Å². The number of rotatable bonds is 2. The van der Waals surface area contributed by atoms with Crippen molar-refractivity contribution in [2.24, 2.45) is 0 Å². The summed E-state index contributed by atoms with van der Waals surface area (Å²) in [6.07, 6.45) is 3.99. The van der Waals surface area contributed by atoms with E-state index in [1.165, 1.54) is 32.3 Å². The average molecular weight is 196 g/mol. The molecule has 2 nitrogen and oxygen atoms in total. The molecule has 1 atom stereocenters. The van der Waals surface area contributed by atoms with Crippen LogP contribution in [0.5, 0.6) is 0 Å². The lowest BCUT2D eigenvalue weighted by Gasteiger charge is -2.12. The maximum absolute atomic E-state index is 13.7. The minimum Gasteiger partial charge on any atom is -0.496 e. The van der Waals surface area contributed by atoms with Crippen molar-refractivity contribution < 1.29 is 13.9 Å². The Bertz CT molecular complexity index is 324. The van der Waals surface area contributed by atoms with Crippen molar-refractivity contribution in [1.29, 1.82) is 0 Å². The van der Waals surface area contributed by atoms with Crippen LogP contribution in [0.15, 0.2) is 36.1 Å². The topological polar surface area (TPSA) is 26.3 Å². The fraction of sp³-hybridized carbons (Fsp3) is 0.364. The molecule has 1 aliphatic rings. The van der Waals surface area contributed by atoms with E-state index in [1.807, 2.05) is 0 Å². The average Bonchev–Trinajstić information content (AvgIpc) is 2.20. The molecule has 0 amide bonds. The predicted molar refractivity (Wildman–Crippen MR) is 52.5 cm³/mol. The van der Waals surface area contributed by atoms with Crippen LogP contribution in [0.3, 0.4) is 0 Å². The Morgan fingerprint density at radius 3 is 2.86 bits per heavy atom.